The summed E-state index contributed by atoms with van der Waals surface area (Å²) in [5.74, 6) is 0.895. The van der Waals surface area contributed by atoms with Crippen LogP contribution in [-0.2, 0) is 0 Å². The quantitative estimate of drug-likeness (QED) is 0.781. The Morgan fingerprint density at radius 2 is 1.76 bits per heavy atom. The van der Waals surface area contributed by atoms with Crippen LogP contribution in [0, 0.1) is 0 Å². The Bertz CT molecular complexity index is 261. The molecule has 0 aliphatic carbocycles. The van der Waals surface area contributed by atoms with Gasteiger partial charge in [0.15, 0.2) is 0 Å². The second-order valence-electron chi connectivity index (χ2n) is 3.45. The van der Waals surface area contributed by atoms with Crippen molar-refractivity contribution in [3.05, 3.63) is 18.5 Å². The molecule has 0 bridgehead atoms. The summed E-state index contributed by atoms with van der Waals surface area (Å²) in [6, 6.07) is 2.52. The molecule has 1 aliphatic rings. The molecule has 0 aromatic carbocycles. The molecule has 0 spiro atoms. The second-order valence-corrected chi connectivity index (χ2v) is 3.45. The number of hydrogen-bond donors (Lipinski definition) is 0. The van der Waals surface area contributed by atoms with Gasteiger partial charge >= 0.3 is 0 Å². The van der Waals surface area contributed by atoms with Crippen molar-refractivity contribution < 1.29 is 0 Å². The monoisotopic (exact) mass is 237 g/mol. The highest BCUT2D eigenvalue weighted by atomic mass is 15.3. The van der Waals surface area contributed by atoms with E-state index >= 15 is 0 Å². The number of rotatable bonds is 2. The minimum absolute atomic E-state index is 0.655. The van der Waals surface area contributed by atoms with E-state index in [0.29, 0.717) is 6.04 Å². The first-order valence-corrected chi connectivity index (χ1v) is 6.95. The van der Waals surface area contributed by atoms with E-state index in [1.54, 1.807) is 0 Å². The maximum Gasteiger partial charge on any atom is 0.225 e. The Hall–Kier alpha value is -1.12. The lowest BCUT2D eigenvalue weighted by Crippen LogP contribution is -2.29. The average molecular weight is 237 g/mol. The summed E-state index contributed by atoms with van der Waals surface area (Å²) in [6.45, 7) is 11.3. The Morgan fingerprint density at radius 3 is 2.29 bits per heavy atom. The van der Waals surface area contributed by atoms with Crippen molar-refractivity contribution in [3.63, 3.8) is 0 Å². The predicted molar refractivity (Wildman–Crippen MR) is 75.4 cm³/mol. The van der Waals surface area contributed by atoms with Crippen LogP contribution in [0.2, 0.25) is 0 Å². The molecule has 2 heterocycles. The Kier molecular flexibility index (Phi) is 9.40. The average Bonchev–Trinajstić information content (AvgIpc) is 2.92. The third-order valence-corrected chi connectivity index (χ3v) is 2.66. The third kappa shape index (κ3) is 4.72. The molecule has 98 valence electrons. The number of hydrogen-bond acceptors (Lipinski definition) is 3. The highest BCUT2D eigenvalue weighted by Gasteiger charge is 2.24. The fraction of sp³-hybridized carbons (Fsp3) is 0.714. The summed E-state index contributed by atoms with van der Waals surface area (Å²) < 4.78 is 0. The predicted octanol–water partition coefficient (Wildman–Crippen LogP) is 3.91. The molecule has 1 unspecified atom stereocenters. The van der Waals surface area contributed by atoms with Crippen LogP contribution in [0.15, 0.2) is 18.5 Å². The van der Waals surface area contributed by atoms with Crippen LogP contribution in [0.3, 0.4) is 0 Å². The number of anilines is 1. The summed E-state index contributed by atoms with van der Waals surface area (Å²) in [5, 5.41) is 0. The van der Waals surface area contributed by atoms with E-state index in [2.05, 4.69) is 21.8 Å². The molecular formula is C14H27N3. The number of nitrogens with zero attached hydrogens (tertiary/aromatic N) is 3. The molecule has 0 radical (unpaired) electrons. The van der Waals surface area contributed by atoms with Crippen LogP contribution < -0.4 is 4.90 Å². The second kappa shape index (κ2) is 10.1. The van der Waals surface area contributed by atoms with Crippen molar-refractivity contribution >= 4 is 5.95 Å². The lowest BCUT2D eigenvalue weighted by molar-refractivity contribution is 0.634. The molecule has 1 aromatic heterocycles. The summed E-state index contributed by atoms with van der Waals surface area (Å²) >= 11 is 0. The first-order valence-electron chi connectivity index (χ1n) is 6.95. The van der Waals surface area contributed by atoms with Crippen molar-refractivity contribution in [1.29, 1.82) is 0 Å². The molecule has 2 rings (SSSR count). The minimum atomic E-state index is 0.655. The molecule has 1 aliphatic heterocycles. The Balaban J connectivity index is 0.000000581. The Morgan fingerprint density at radius 1 is 1.18 bits per heavy atom. The van der Waals surface area contributed by atoms with Crippen molar-refractivity contribution in [2.24, 2.45) is 0 Å². The van der Waals surface area contributed by atoms with Crippen LogP contribution in [0.5, 0.6) is 0 Å². The molecule has 3 nitrogen and oxygen atoms in total. The molecule has 1 saturated heterocycles. The lowest BCUT2D eigenvalue weighted by Gasteiger charge is -2.22. The zero-order chi connectivity index (χ0) is 13.1. The van der Waals surface area contributed by atoms with E-state index in [1.165, 1.54) is 19.3 Å². The zero-order valence-electron chi connectivity index (χ0n) is 12.0. The van der Waals surface area contributed by atoms with Crippen molar-refractivity contribution in [1.82, 2.24) is 9.97 Å². The maximum atomic E-state index is 4.27. The van der Waals surface area contributed by atoms with Gasteiger partial charge in [0, 0.05) is 25.0 Å². The van der Waals surface area contributed by atoms with Crippen molar-refractivity contribution in [3.8, 4) is 0 Å². The van der Waals surface area contributed by atoms with Gasteiger partial charge in [-0.05, 0) is 25.3 Å². The van der Waals surface area contributed by atoms with E-state index < -0.39 is 0 Å². The van der Waals surface area contributed by atoms with E-state index in [-0.39, 0.29) is 0 Å². The van der Waals surface area contributed by atoms with Gasteiger partial charge in [-0.2, -0.15) is 0 Å². The fourth-order valence-corrected chi connectivity index (χ4v) is 1.96. The summed E-state index contributed by atoms with van der Waals surface area (Å²) in [4.78, 5) is 10.9. The normalized spacial score (nSPS) is 17.7. The topological polar surface area (TPSA) is 29.0 Å². The van der Waals surface area contributed by atoms with Gasteiger partial charge in [-0.15, -0.1) is 0 Å². The molecule has 0 N–H and O–H groups in total. The molecule has 0 saturated carbocycles. The van der Waals surface area contributed by atoms with Gasteiger partial charge in [0.1, 0.15) is 0 Å². The highest BCUT2D eigenvalue weighted by molar-refractivity contribution is 5.32. The van der Waals surface area contributed by atoms with E-state index in [0.717, 1.165) is 12.5 Å². The van der Waals surface area contributed by atoms with Crippen molar-refractivity contribution in [2.45, 2.75) is 59.9 Å². The zero-order valence-corrected chi connectivity index (χ0v) is 12.0. The molecule has 1 atom stereocenters. The van der Waals surface area contributed by atoms with Gasteiger partial charge in [-0.1, -0.05) is 34.6 Å². The van der Waals surface area contributed by atoms with Gasteiger partial charge in [0.2, 0.25) is 5.95 Å². The molecule has 0 amide bonds. The summed E-state index contributed by atoms with van der Waals surface area (Å²) in [7, 11) is 0. The van der Waals surface area contributed by atoms with Gasteiger partial charge in [0.25, 0.3) is 0 Å². The molecule has 17 heavy (non-hydrogen) atoms. The highest BCUT2D eigenvalue weighted by Crippen LogP contribution is 2.23. The summed E-state index contributed by atoms with van der Waals surface area (Å²) in [6.07, 6.45) is 7.38. The Labute approximate surface area is 106 Å². The van der Waals surface area contributed by atoms with E-state index in [4.69, 9.17) is 0 Å². The van der Waals surface area contributed by atoms with E-state index in [1.807, 2.05) is 46.2 Å². The van der Waals surface area contributed by atoms with Crippen molar-refractivity contribution in [2.75, 3.05) is 11.4 Å². The smallest absolute Gasteiger partial charge is 0.225 e. The summed E-state index contributed by atoms with van der Waals surface area (Å²) in [5.41, 5.74) is 0. The molecule has 1 fully saturated rings. The minimum Gasteiger partial charge on any atom is -0.338 e. The van der Waals surface area contributed by atoms with Gasteiger partial charge in [-0.25, -0.2) is 9.97 Å². The first kappa shape index (κ1) is 15.9. The van der Waals surface area contributed by atoms with Gasteiger partial charge in [-0.3, -0.25) is 0 Å². The van der Waals surface area contributed by atoms with Crippen LogP contribution >= 0.6 is 0 Å². The van der Waals surface area contributed by atoms with Crippen LogP contribution in [-0.4, -0.2) is 22.6 Å². The molecule has 1 aromatic rings. The van der Waals surface area contributed by atoms with Crippen LogP contribution in [0.1, 0.15) is 53.9 Å². The van der Waals surface area contributed by atoms with Gasteiger partial charge < -0.3 is 4.90 Å². The van der Waals surface area contributed by atoms with Crippen LogP contribution in [0.4, 0.5) is 5.95 Å². The first-order chi connectivity index (χ1) is 8.42. The maximum absolute atomic E-state index is 4.27. The fourth-order valence-electron chi connectivity index (χ4n) is 1.96. The standard InChI is InChI=1S/C10H15N3.2C2H6/c1-2-9-5-3-8-13(9)10-11-6-4-7-12-10;2*1-2/h4,6-7,9H,2-3,5,8H2,1H3;2*1-2H3. The van der Waals surface area contributed by atoms with Gasteiger partial charge in [0.05, 0.1) is 0 Å². The molecular weight excluding hydrogens is 210 g/mol. The largest absolute Gasteiger partial charge is 0.338 e. The SMILES string of the molecule is CC.CC.CCC1CCCN1c1ncccn1. The van der Waals surface area contributed by atoms with Crippen LogP contribution in [0.25, 0.3) is 0 Å². The lowest BCUT2D eigenvalue weighted by atomic mass is 10.2. The molecule has 3 heteroatoms. The number of aromatic nitrogens is 2. The third-order valence-electron chi connectivity index (χ3n) is 2.66. The van der Waals surface area contributed by atoms with E-state index in [9.17, 15) is 0 Å².